The highest BCUT2D eigenvalue weighted by Crippen LogP contribution is 2.37. The van der Waals surface area contributed by atoms with Gasteiger partial charge in [-0.3, -0.25) is 15.4 Å². The molecule has 5 heteroatoms. The van der Waals surface area contributed by atoms with Gasteiger partial charge in [0.1, 0.15) is 5.75 Å². The fourth-order valence-corrected chi connectivity index (χ4v) is 3.99. The van der Waals surface area contributed by atoms with Crippen LogP contribution in [-0.4, -0.2) is 12.0 Å². The lowest BCUT2D eigenvalue weighted by atomic mass is 9.77. The predicted molar refractivity (Wildman–Crippen MR) is 126 cm³/mol. The lowest BCUT2D eigenvalue weighted by Crippen LogP contribution is -2.44. The molecule has 4 aromatic carbocycles. The summed E-state index contributed by atoms with van der Waals surface area (Å²) >= 11 is 0. The van der Waals surface area contributed by atoms with E-state index in [1.54, 1.807) is 19.2 Å². The number of non-ortho nitro benzene ring substituents is 1. The molecule has 4 aromatic rings. The van der Waals surface area contributed by atoms with Crippen LogP contribution in [0.5, 0.6) is 5.75 Å². The standard InChI is InChI=1S/C27H24N2O3/c1-32-26-18-14-24(15-19-26)27(22-8-4-2-5-9-22,23-10-6-3-7-11-23)28-20-21-12-16-25(17-13-21)29(30)31/h2-19,28H,20H2,1H3. The van der Waals surface area contributed by atoms with Gasteiger partial charge in [-0.2, -0.15) is 0 Å². The molecule has 5 nitrogen and oxygen atoms in total. The van der Waals surface area contributed by atoms with E-state index >= 15 is 0 Å². The smallest absolute Gasteiger partial charge is 0.269 e. The minimum absolute atomic E-state index is 0.0845. The summed E-state index contributed by atoms with van der Waals surface area (Å²) < 4.78 is 5.38. The van der Waals surface area contributed by atoms with Gasteiger partial charge >= 0.3 is 0 Å². The molecule has 0 radical (unpaired) electrons. The molecule has 1 N–H and O–H groups in total. The van der Waals surface area contributed by atoms with Crippen molar-refractivity contribution in [3.63, 3.8) is 0 Å². The second kappa shape index (κ2) is 9.45. The summed E-state index contributed by atoms with van der Waals surface area (Å²) in [5, 5.41) is 14.8. The Hall–Kier alpha value is -3.96. The third-order valence-corrected chi connectivity index (χ3v) is 5.64. The first-order valence-corrected chi connectivity index (χ1v) is 10.4. The van der Waals surface area contributed by atoms with E-state index in [1.165, 1.54) is 12.1 Å². The Bertz CT molecular complexity index is 1120. The van der Waals surface area contributed by atoms with Crippen LogP contribution < -0.4 is 10.1 Å². The van der Waals surface area contributed by atoms with E-state index in [1.807, 2.05) is 48.5 Å². The molecule has 0 fully saturated rings. The van der Waals surface area contributed by atoms with E-state index < -0.39 is 5.54 Å². The van der Waals surface area contributed by atoms with Crippen molar-refractivity contribution < 1.29 is 9.66 Å². The summed E-state index contributed by atoms with van der Waals surface area (Å²) in [5.74, 6) is 0.791. The van der Waals surface area contributed by atoms with Crippen molar-refractivity contribution in [2.75, 3.05) is 7.11 Å². The largest absolute Gasteiger partial charge is 0.497 e. The SMILES string of the molecule is COc1ccc(C(NCc2ccc([N+](=O)[O-])cc2)(c2ccccc2)c2ccccc2)cc1. The lowest BCUT2D eigenvalue weighted by Gasteiger charge is -2.37. The van der Waals surface area contributed by atoms with Crippen LogP contribution in [0, 0.1) is 10.1 Å². The molecule has 0 saturated heterocycles. The summed E-state index contributed by atoms with van der Waals surface area (Å²) in [4.78, 5) is 10.6. The molecule has 0 saturated carbocycles. The highest BCUT2D eigenvalue weighted by molar-refractivity contribution is 5.50. The predicted octanol–water partition coefficient (Wildman–Crippen LogP) is 5.69. The van der Waals surface area contributed by atoms with E-state index in [-0.39, 0.29) is 10.6 Å². The third-order valence-electron chi connectivity index (χ3n) is 5.64. The second-order valence-electron chi connectivity index (χ2n) is 7.49. The lowest BCUT2D eigenvalue weighted by molar-refractivity contribution is -0.384. The molecule has 0 aromatic heterocycles. The average Bonchev–Trinajstić information content (AvgIpc) is 2.86. The van der Waals surface area contributed by atoms with Gasteiger partial charge in [0.25, 0.3) is 5.69 Å². The average molecular weight is 425 g/mol. The zero-order valence-corrected chi connectivity index (χ0v) is 17.8. The second-order valence-corrected chi connectivity index (χ2v) is 7.49. The van der Waals surface area contributed by atoms with Crippen molar-refractivity contribution >= 4 is 5.69 Å². The number of nitrogens with one attached hydrogen (secondary N) is 1. The van der Waals surface area contributed by atoms with Gasteiger partial charge in [-0.25, -0.2) is 0 Å². The minimum atomic E-state index is -0.628. The Morgan fingerprint density at radius 1 is 0.750 bits per heavy atom. The molecule has 32 heavy (non-hydrogen) atoms. The van der Waals surface area contributed by atoms with E-state index in [0.29, 0.717) is 6.54 Å². The number of nitro benzene ring substituents is 1. The van der Waals surface area contributed by atoms with Gasteiger partial charge in [-0.05, 0) is 34.4 Å². The quantitative estimate of drug-likeness (QED) is 0.224. The zero-order valence-electron chi connectivity index (χ0n) is 17.8. The fourth-order valence-electron chi connectivity index (χ4n) is 3.99. The van der Waals surface area contributed by atoms with Crippen LogP contribution in [0.4, 0.5) is 5.69 Å². The third kappa shape index (κ3) is 4.24. The minimum Gasteiger partial charge on any atom is -0.497 e. The summed E-state index contributed by atoms with van der Waals surface area (Å²) in [6.45, 7) is 0.522. The van der Waals surface area contributed by atoms with Gasteiger partial charge in [0.2, 0.25) is 0 Å². The number of rotatable bonds is 8. The van der Waals surface area contributed by atoms with Crippen LogP contribution in [0.1, 0.15) is 22.3 Å². The van der Waals surface area contributed by atoms with Crippen molar-refractivity contribution in [3.05, 3.63) is 142 Å². The molecule has 160 valence electrons. The van der Waals surface area contributed by atoms with Crippen LogP contribution in [0.3, 0.4) is 0 Å². The number of ether oxygens (including phenoxy) is 1. The van der Waals surface area contributed by atoms with E-state index in [9.17, 15) is 10.1 Å². The number of nitrogens with zero attached hydrogens (tertiary/aromatic N) is 1. The van der Waals surface area contributed by atoms with E-state index in [2.05, 4.69) is 41.7 Å². The van der Waals surface area contributed by atoms with Crippen LogP contribution in [0.2, 0.25) is 0 Å². The molecular formula is C27H24N2O3. The molecule has 0 bridgehead atoms. The first-order valence-electron chi connectivity index (χ1n) is 10.4. The molecular weight excluding hydrogens is 400 g/mol. The van der Waals surface area contributed by atoms with Gasteiger partial charge in [0.05, 0.1) is 17.6 Å². The number of methoxy groups -OCH3 is 1. The Kier molecular flexibility index (Phi) is 6.29. The van der Waals surface area contributed by atoms with Crippen LogP contribution in [0.15, 0.2) is 109 Å². The van der Waals surface area contributed by atoms with Gasteiger partial charge in [-0.1, -0.05) is 84.9 Å². The first-order chi connectivity index (χ1) is 15.6. The molecule has 0 spiro atoms. The van der Waals surface area contributed by atoms with Crippen LogP contribution in [-0.2, 0) is 12.1 Å². The Morgan fingerprint density at radius 3 is 1.72 bits per heavy atom. The monoisotopic (exact) mass is 424 g/mol. The van der Waals surface area contributed by atoms with Crippen molar-refractivity contribution in [2.45, 2.75) is 12.1 Å². The number of hydrogen-bond acceptors (Lipinski definition) is 4. The summed E-state index contributed by atoms with van der Waals surface area (Å²) in [6.07, 6.45) is 0. The molecule has 0 atom stereocenters. The number of hydrogen-bond donors (Lipinski definition) is 1. The first kappa shape index (κ1) is 21.3. The topological polar surface area (TPSA) is 64.4 Å². The number of benzene rings is 4. The summed E-state index contributed by atoms with van der Waals surface area (Å²) in [6, 6.07) is 35.3. The normalized spacial score (nSPS) is 11.2. The van der Waals surface area contributed by atoms with Gasteiger partial charge < -0.3 is 4.74 Å². The molecule has 0 aliphatic rings. The van der Waals surface area contributed by atoms with E-state index in [4.69, 9.17) is 4.74 Å². The van der Waals surface area contributed by atoms with Crippen LogP contribution in [0.25, 0.3) is 0 Å². The van der Waals surface area contributed by atoms with Gasteiger partial charge in [0.15, 0.2) is 0 Å². The van der Waals surface area contributed by atoms with Crippen molar-refractivity contribution in [2.24, 2.45) is 0 Å². The van der Waals surface area contributed by atoms with Gasteiger partial charge in [0, 0.05) is 18.7 Å². The van der Waals surface area contributed by atoms with E-state index in [0.717, 1.165) is 28.0 Å². The Labute approximate surface area is 187 Å². The van der Waals surface area contributed by atoms with Crippen molar-refractivity contribution in [3.8, 4) is 5.75 Å². The maximum absolute atomic E-state index is 11.0. The van der Waals surface area contributed by atoms with Crippen molar-refractivity contribution in [1.82, 2.24) is 5.32 Å². The molecule has 0 aliphatic carbocycles. The van der Waals surface area contributed by atoms with Gasteiger partial charge in [-0.15, -0.1) is 0 Å². The maximum Gasteiger partial charge on any atom is 0.269 e. The molecule has 0 unspecified atom stereocenters. The summed E-state index contributed by atoms with van der Waals surface area (Å²) in [5.41, 5.74) is 3.67. The molecule has 0 aliphatic heterocycles. The Balaban J connectivity index is 1.82. The molecule has 0 amide bonds. The highest BCUT2D eigenvalue weighted by atomic mass is 16.6. The Morgan fingerprint density at radius 2 is 1.25 bits per heavy atom. The summed E-state index contributed by atoms with van der Waals surface area (Å²) in [7, 11) is 1.66. The highest BCUT2D eigenvalue weighted by Gasteiger charge is 2.35. The fraction of sp³-hybridized carbons (Fsp3) is 0.111. The molecule has 0 heterocycles. The zero-order chi connectivity index (χ0) is 22.4. The van der Waals surface area contributed by atoms with Crippen LogP contribution >= 0.6 is 0 Å². The maximum atomic E-state index is 11.0. The van der Waals surface area contributed by atoms with Crippen molar-refractivity contribution in [1.29, 1.82) is 0 Å². The molecule has 4 rings (SSSR count). The number of nitro groups is 1.